The molecule has 0 aromatic carbocycles. The molecule has 0 radical (unpaired) electrons. The lowest BCUT2D eigenvalue weighted by atomic mass is 10.2. The third kappa shape index (κ3) is 10.4. The van der Waals surface area contributed by atoms with Gasteiger partial charge in [0.15, 0.2) is 0 Å². The Hall–Kier alpha value is -1.95. The zero-order valence-electron chi connectivity index (χ0n) is 17.4. The van der Waals surface area contributed by atoms with Crippen LogP contribution in [0.15, 0.2) is 0 Å². The standard InChI is InChI=1S/C14H28N4O2.C4H7NO4/c1-3-15-4-5-16-6-8-17(13(2)12-15)10-11-18(9-7-16)14(19)20;6-3(7)1-5-2-4(8)9/h13H,3-12H2,1-2H3,(H,19,20);5H,1-2H2,(H,6,7)(H,8,9). The van der Waals surface area contributed by atoms with Crippen molar-refractivity contribution >= 4 is 18.0 Å². The fourth-order valence-electron chi connectivity index (χ4n) is 3.40. The van der Waals surface area contributed by atoms with Gasteiger partial charge in [-0.25, -0.2) is 4.79 Å². The van der Waals surface area contributed by atoms with Crippen LogP contribution < -0.4 is 5.32 Å². The molecule has 0 aliphatic carbocycles. The number of hydrogen-bond acceptors (Lipinski definition) is 7. The lowest BCUT2D eigenvalue weighted by molar-refractivity contribution is -0.137. The van der Waals surface area contributed by atoms with Crippen LogP contribution in [-0.2, 0) is 9.59 Å². The van der Waals surface area contributed by atoms with Crippen LogP contribution in [0.25, 0.3) is 0 Å². The van der Waals surface area contributed by atoms with E-state index >= 15 is 0 Å². The highest BCUT2D eigenvalue weighted by atomic mass is 16.4. The number of carbonyl (C=O) groups is 3. The van der Waals surface area contributed by atoms with Crippen molar-refractivity contribution < 1.29 is 29.7 Å². The summed E-state index contributed by atoms with van der Waals surface area (Å²) < 4.78 is 0. The summed E-state index contributed by atoms with van der Waals surface area (Å²) in [6.45, 7) is 13.2. The Balaban J connectivity index is 0.000000396. The number of amides is 1. The lowest BCUT2D eigenvalue weighted by Crippen LogP contribution is -2.46. The van der Waals surface area contributed by atoms with Crippen molar-refractivity contribution in [3.63, 3.8) is 0 Å². The van der Waals surface area contributed by atoms with Gasteiger partial charge in [-0.1, -0.05) is 6.92 Å². The van der Waals surface area contributed by atoms with E-state index in [4.69, 9.17) is 10.2 Å². The Morgan fingerprint density at radius 2 is 1.38 bits per heavy atom. The van der Waals surface area contributed by atoms with Gasteiger partial charge in [-0.3, -0.25) is 24.7 Å². The first-order chi connectivity index (χ1) is 13.7. The first kappa shape index (κ1) is 25.1. The zero-order chi connectivity index (χ0) is 21.8. The number of likely N-dealkylation sites (N-methyl/N-ethyl adjacent to an activating group) is 1. The van der Waals surface area contributed by atoms with Crippen LogP contribution in [0, 0.1) is 0 Å². The zero-order valence-corrected chi connectivity index (χ0v) is 17.4. The highest BCUT2D eigenvalue weighted by molar-refractivity contribution is 5.72. The summed E-state index contributed by atoms with van der Waals surface area (Å²) in [7, 11) is 0. The van der Waals surface area contributed by atoms with E-state index in [9.17, 15) is 19.5 Å². The highest BCUT2D eigenvalue weighted by Crippen LogP contribution is 2.09. The van der Waals surface area contributed by atoms with Crippen molar-refractivity contribution in [3.8, 4) is 0 Å². The van der Waals surface area contributed by atoms with E-state index in [0.29, 0.717) is 19.1 Å². The van der Waals surface area contributed by atoms with Crippen LogP contribution in [0.1, 0.15) is 13.8 Å². The Morgan fingerprint density at radius 1 is 0.862 bits per heavy atom. The summed E-state index contributed by atoms with van der Waals surface area (Å²) in [5.41, 5.74) is 0. The van der Waals surface area contributed by atoms with Crippen molar-refractivity contribution in [2.75, 3.05) is 78.5 Å². The van der Waals surface area contributed by atoms with E-state index in [0.717, 1.165) is 52.4 Å². The average molecular weight is 418 g/mol. The summed E-state index contributed by atoms with van der Waals surface area (Å²) in [5, 5.41) is 27.4. The molecule has 1 amide bonds. The van der Waals surface area contributed by atoms with Crippen LogP contribution in [0.3, 0.4) is 0 Å². The topological polar surface area (TPSA) is 137 Å². The smallest absolute Gasteiger partial charge is 0.407 e. The summed E-state index contributed by atoms with van der Waals surface area (Å²) in [5.74, 6) is -2.12. The molecule has 3 atom stereocenters. The van der Waals surface area contributed by atoms with Gasteiger partial charge in [0.2, 0.25) is 0 Å². The average Bonchev–Trinajstić information content (AvgIpc) is 2.79. The number of nitrogens with one attached hydrogen (secondary N) is 1. The molecule has 0 aromatic heterocycles. The maximum absolute atomic E-state index is 11.3. The molecule has 11 nitrogen and oxygen atoms in total. The van der Waals surface area contributed by atoms with Crippen LogP contribution in [-0.4, -0.2) is 138 Å². The van der Waals surface area contributed by atoms with E-state index in [1.165, 1.54) is 0 Å². The van der Waals surface area contributed by atoms with Gasteiger partial charge < -0.3 is 25.1 Å². The predicted molar refractivity (Wildman–Crippen MR) is 107 cm³/mol. The van der Waals surface area contributed by atoms with Crippen molar-refractivity contribution in [2.45, 2.75) is 19.9 Å². The SMILES string of the molecule is CCN1CCN2CCN(C(=O)O)CCN(CC2)C(C)C1.O=C(O)CNCC(=O)O. The molecule has 3 unspecified atom stereocenters. The second-order valence-electron chi connectivity index (χ2n) is 7.28. The molecule has 2 saturated heterocycles. The molecule has 2 rings (SSSR count). The first-order valence-electron chi connectivity index (χ1n) is 10.0. The third-order valence-corrected chi connectivity index (χ3v) is 5.20. The molecule has 4 N–H and O–H groups in total. The molecule has 0 aromatic rings. The minimum Gasteiger partial charge on any atom is -0.480 e. The van der Waals surface area contributed by atoms with Gasteiger partial charge in [0.25, 0.3) is 0 Å². The molecule has 11 heteroatoms. The molecule has 2 aliphatic heterocycles. The molecule has 2 heterocycles. The number of carboxylic acids is 2. The van der Waals surface area contributed by atoms with E-state index in [1.54, 1.807) is 4.90 Å². The lowest BCUT2D eigenvalue weighted by Gasteiger charge is -2.32. The van der Waals surface area contributed by atoms with Crippen LogP contribution in [0.5, 0.6) is 0 Å². The van der Waals surface area contributed by atoms with Gasteiger partial charge in [0, 0.05) is 64.9 Å². The van der Waals surface area contributed by atoms with Crippen molar-refractivity contribution in [1.29, 1.82) is 0 Å². The molecule has 29 heavy (non-hydrogen) atoms. The maximum Gasteiger partial charge on any atom is 0.407 e. The Kier molecular flexibility index (Phi) is 11.5. The number of rotatable bonds is 5. The van der Waals surface area contributed by atoms with E-state index in [1.807, 2.05) is 0 Å². The number of hydrogen-bond donors (Lipinski definition) is 4. The fraction of sp³-hybridized carbons (Fsp3) is 0.833. The van der Waals surface area contributed by atoms with Gasteiger partial charge in [-0.15, -0.1) is 0 Å². The Bertz CT molecular complexity index is 521. The summed E-state index contributed by atoms with van der Waals surface area (Å²) in [6, 6.07) is 0.489. The van der Waals surface area contributed by atoms with Gasteiger partial charge in [0.05, 0.1) is 13.1 Å². The molecular formula is C18H35N5O6. The first-order valence-corrected chi connectivity index (χ1v) is 10.0. The molecule has 2 fully saturated rings. The Labute approximate surface area is 171 Å². The molecule has 2 aliphatic rings. The summed E-state index contributed by atoms with van der Waals surface area (Å²) in [6.07, 6.45) is -0.785. The second-order valence-corrected chi connectivity index (χ2v) is 7.28. The minimum absolute atomic E-state index is 0.313. The third-order valence-electron chi connectivity index (χ3n) is 5.20. The number of fused-ring (bicyclic) bond motifs is 3. The van der Waals surface area contributed by atoms with Crippen molar-refractivity contribution in [2.24, 2.45) is 0 Å². The van der Waals surface area contributed by atoms with Crippen molar-refractivity contribution in [3.05, 3.63) is 0 Å². The van der Waals surface area contributed by atoms with Gasteiger partial charge in [-0.05, 0) is 13.5 Å². The number of aliphatic carboxylic acids is 2. The van der Waals surface area contributed by atoms with Gasteiger partial charge in [0.1, 0.15) is 0 Å². The second kappa shape index (κ2) is 13.3. The quantitative estimate of drug-likeness (QED) is 0.443. The molecule has 2 bridgehead atoms. The fourth-order valence-corrected chi connectivity index (χ4v) is 3.40. The summed E-state index contributed by atoms with van der Waals surface area (Å²) in [4.78, 5) is 39.6. The van der Waals surface area contributed by atoms with Gasteiger partial charge in [-0.2, -0.15) is 0 Å². The van der Waals surface area contributed by atoms with E-state index in [-0.39, 0.29) is 13.1 Å². The number of nitrogens with zero attached hydrogens (tertiary/aromatic N) is 4. The molecule has 0 spiro atoms. The highest BCUT2D eigenvalue weighted by Gasteiger charge is 2.24. The monoisotopic (exact) mass is 417 g/mol. The number of carboxylic acid groups (broad SMARTS) is 3. The van der Waals surface area contributed by atoms with Crippen LogP contribution in [0.4, 0.5) is 4.79 Å². The largest absolute Gasteiger partial charge is 0.480 e. The molecular weight excluding hydrogens is 382 g/mol. The normalized spacial score (nSPS) is 25.9. The predicted octanol–water partition coefficient (Wildman–Crippen LogP) is -0.947. The summed E-state index contributed by atoms with van der Waals surface area (Å²) >= 11 is 0. The molecule has 0 saturated carbocycles. The van der Waals surface area contributed by atoms with E-state index in [2.05, 4.69) is 33.9 Å². The van der Waals surface area contributed by atoms with E-state index < -0.39 is 18.0 Å². The van der Waals surface area contributed by atoms with Crippen LogP contribution >= 0.6 is 0 Å². The minimum atomic E-state index is -1.06. The Morgan fingerprint density at radius 3 is 1.93 bits per heavy atom. The van der Waals surface area contributed by atoms with Gasteiger partial charge >= 0.3 is 18.0 Å². The van der Waals surface area contributed by atoms with Crippen molar-refractivity contribution in [1.82, 2.24) is 24.9 Å². The van der Waals surface area contributed by atoms with Crippen LogP contribution in [0.2, 0.25) is 0 Å². The molecule has 168 valence electrons. The maximum atomic E-state index is 11.3.